The summed E-state index contributed by atoms with van der Waals surface area (Å²) in [6.45, 7) is 1.36. The predicted molar refractivity (Wildman–Crippen MR) is 85.2 cm³/mol. The van der Waals surface area contributed by atoms with Crippen LogP contribution in [0.15, 0.2) is 10.9 Å². The van der Waals surface area contributed by atoms with Gasteiger partial charge in [-0.1, -0.05) is 12.8 Å². The molecule has 0 radical (unpaired) electrons. The molecular weight excluding hydrogens is 305 g/mol. The quantitative estimate of drug-likeness (QED) is 0.747. The fourth-order valence-corrected chi connectivity index (χ4v) is 2.16. The third-order valence-corrected chi connectivity index (χ3v) is 3.29. The molecule has 0 aromatic carbocycles. The van der Waals surface area contributed by atoms with Crippen LogP contribution in [0.1, 0.15) is 37.8 Å². The van der Waals surface area contributed by atoms with Crippen molar-refractivity contribution >= 4 is 42.1 Å². The van der Waals surface area contributed by atoms with Crippen LogP contribution in [0.3, 0.4) is 0 Å². The van der Waals surface area contributed by atoms with E-state index in [1.54, 1.807) is 21.7 Å². The summed E-state index contributed by atoms with van der Waals surface area (Å²) in [6.07, 6.45) is 4.86. The fraction of sp³-hybridized carbons (Fsp3) is 0.667. The molecule has 112 valence electrons. The van der Waals surface area contributed by atoms with Gasteiger partial charge in [0.2, 0.25) is 5.91 Å². The van der Waals surface area contributed by atoms with E-state index < -0.39 is 0 Å². The standard InChI is InChI=1S/C12H21N3OS.2ClH/c1-15(8-11-9-17-10-14-11)12(16)6-4-2-3-5-7-13;;/h9-10H,2-8,13H2,1H3;2*1H. The first-order valence-electron chi connectivity index (χ1n) is 6.05. The Kier molecular flexibility index (Phi) is 14.0. The Hall–Kier alpha value is -0.360. The van der Waals surface area contributed by atoms with Crippen LogP contribution in [0, 0.1) is 0 Å². The largest absolute Gasteiger partial charge is 0.340 e. The van der Waals surface area contributed by atoms with Crippen LogP contribution < -0.4 is 5.73 Å². The molecule has 7 heteroatoms. The number of nitrogens with two attached hydrogens (primary N) is 1. The monoisotopic (exact) mass is 327 g/mol. The molecule has 0 aliphatic carbocycles. The van der Waals surface area contributed by atoms with E-state index in [1.165, 1.54) is 0 Å². The van der Waals surface area contributed by atoms with Crippen LogP contribution in [0.2, 0.25) is 0 Å². The molecule has 1 amide bonds. The van der Waals surface area contributed by atoms with E-state index in [9.17, 15) is 4.79 Å². The van der Waals surface area contributed by atoms with Gasteiger partial charge in [-0.05, 0) is 19.4 Å². The number of rotatable bonds is 8. The number of nitrogens with zero attached hydrogens (tertiary/aromatic N) is 2. The van der Waals surface area contributed by atoms with Crippen molar-refractivity contribution in [3.8, 4) is 0 Å². The molecule has 0 bridgehead atoms. The zero-order valence-electron chi connectivity index (χ0n) is 11.2. The minimum atomic E-state index is 0. The predicted octanol–water partition coefficient (Wildman–Crippen LogP) is 2.85. The van der Waals surface area contributed by atoms with E-state index in [0.717, 1.165) is 37.9 Å². The third-order valence-electron chi connectivity index (χ3n) is 2.65. The van der Waals surface area contributed by atoms with Gasteiger partial charge in [-0.15, -0.1) is 36.2 Å². The molecule has 0 unspecified atom stereocenters. The second-order valence-electron chi connectivity index (χ2n) is 4.18. The second-order valence-corrected chi connectivity index (χ2v) is 4.90. The van der Waals surface area contributed by atoms with Gasteiger partial charge in [0, 0.05) is 18.8 Å². The van der Waals surface area contributed by atoms with Crippen LogP contribution in [0.4, 0.5) is 0 Å². The highest BCUT2D eigenvalue weighted by molar-refractivity contribution is 7.07. The summed E-state index contributed by atoms with van der Waals surface area (Å²) in [4.78, 5) is 17.7. The number of hydrogen-bond acceptors (Lipinski definition) is 4. The van der Waals surface area contributed by atoms with Gasteiger partial charge in [0.15, 0.2) is 0 Å². The van der Waals surface area contributed by atoms with Gasteiger partial charge >= 0.3 is 0 Å². The van der Waals surface area contributed by atoms with E-state index in [0.29, 0.717) is 13.0 Å². The van der Waals surface area contributed by atoms with Gasteiger partial charge < -0.3 is 10.6 Å². The molecule has 0 saturated heterocycles. The molecule has 0 aliphatic heterocycles. The Labute approximate surface area is 131 Å². The third kappa shape index (κ3) is 9.21. The van der Waals surface area contributed by atoms with Gasteiger partial charge in [-0.25, -0.2) is 4.98 Å². The maximum Gasteiger partial charge on any atom is 0.222 e. The lowest BCUT2D eigenvalue weighted by Crippen LogP contribution is -2.25. The molecule has 0 aliphatic rings. The van der Waals surface area contributed by atoms with E-state index >= 15 is 0 Å². The molecule has 19 heavy (non-hydrogen) atoms. The second kappa shape index (κ2) is 12.7. The lowest BCUT2D eigenvalue weighted by Gasteiger charge is -2.15. The topological polar surface area (TPSA) is 59.2 Å². The first-order chi connectivity index (χ1) is 8.24. The van der Waals surface area contributed by atoms with Crippen molar-refractivity contribution in [2.24, 2.45) is 5.73 Å². The summed E-state index contributed by atoms with van der Waals surface area (Å²) >= 11 is 1.56. The average molecular weight is 328 g/mol. The number of carbonyl (C=O) groups excluding carboxylic acids is 1. The average Bonchev–Trinajstić information content (AvgIpc) is 2.81. The number of hydrogen-bond donors (Lipinski definition) is 1. The van der Waals surface area contributed by atoms with E-state index in [4.69, 9.17) is 5.73 Å². The molecule has 0 saturated carbocycles. The molecule has 0 spiro atoms. The van der Waals surface area contributed by atoms with Crippen LogP contribution in [0.5, 0.6) is 0 Å². The summed E-state index contributed by atoms with van der Waals surface area (Å²) in [7, 11) is 1.83. The summed E-state index contributed by atoms with van der Waals surface area (Å²) in [6, 6.07) is 0. The summed E-state index contributed by atoms with van der Waals surface area (Å²) < 4.78 is 0. The Balaban J connectivity index is 0. The number of thiazole rings is 1. The molecule has 1 heterocycles. The highest BCUT2D eigenvalue weighted by Gasteiger charge is 2.09. The van der Waals surface area contributed by atoms with Crippen LogP contribution >= 0.6 is 36.2 Å². The molecule has 1 aromatic heterocycles. The van der Waals surface area contributed by atoms with Crippen molar-refractivity contribution in [3.05, 3.63) is 16.6 Å². The van der Waals surface area contributed by atoms with Crippen LogP contribution in [-0.4, -0.2) is 29.4 Å². The first-order valence-corrected chi connectivity index (χ1v) is 6.99. The number of unbranched alkanes of at least 4 members (excludes halogenated alkanes) is 3. The van der Waals surface area contributed by atoms with Crippen LogP contribution in [0.25, 0.3) is 0 Å². The van der Waals surface area contributed by atoms with Gasteiger partial charge in [-0.2, -0.15) is 0 Å². The van der Waals surface area contributed by atoms with Crippen molar-refractivity contribution in [1.82, 2.24) is 9.88 Å². The van der Waals surface area contributed by atoms with E-state index in [-0.39, 0.29) is 30.7 Å². The molecule has 4 nitrogen and oxygen atoms in total. The minimum Gasteiger partial charge on any atom is -0.340 e. The zero-order chi connectivity index (χ0) is 12.5. The van der Waals surface area contributed by atoms with Crippen molar-refractivity contribution in [2.75, 3.05) is 13.6 Å². The SMILES string of the molecule is CN(Cc1cscn1)C(=O)CCCCCCN.Cl.Cl. The summed E-state index contributed by atoms with van der Waals surface area (Å²) in [5.74, 6) is 0.200. The Morgan fingerprint density at radius 2 is 2.00 bits per heavy atom. The molecule has 2 N–H and O–H groups in total. The highest BCUT2D eigenvalue weighted by Crippen LogP contribution is 2.08. The summed E-state index contributed by atoms with van der Waals surface area (Å²) in [5, 5.41) is 1.98. The lowest BCUT2D eigenvalue weighted by atomic mass is 10.1. The fourth-order valence-electron chi connectivity index (χ4n) is 1.61. The smallest absolute Gasteiger partial charge is 0.222 e. The Bertz CT molecular complexity index is 323. The molecule has 1 rings (SSSR count). The molecule has 1 aromatic rings. The maximum atomic E-state index is 11.8. The molecule has 0 fully saturated rings. The van der Waals surface area contributed by atoms with Crippen molar-refractivity contribution < 1.29 is 4.79 Å². The molecular formula is C12H23Cl2N3OS. The van der Waals surface area contributed by atoms with Gasteiger partial charge in [0.1, 0.15) is 0 Å². The normalized spacial score (nSPS) is 9.37. The van der Waals surface area contributed by atoms with Crippen molar-refractivity contribution in [1.29, 1.82) is 0 Å². The highest BCUT2D eigenvalue weighted by atomic mass is 35.5. The van der Waals surface area contributed by atoms with Gasteiger partial charge in [-0.3, -0.25) is 4.79 Å². The van der Waals surface area contributed by atoms with Crippen molar-refractivity contribution in [2.45, 2.75) is 38.6 Å². The number of aromatic nitrogens is 1. The van der Waals surface area contributed by atoms with Gasteiger partial charge in [0.25, 0.3) is 0 Å². The maximum absolute atomic E-state index is 11.8. The first kappa shape index (κ1) is 20.9. The Morgan fingerprint density at radius 3 is 2.58 bits per heavy atom. The number of halogens is 2. The van der Waals surface area contributed by atoms with Crippen LogP contribution in [-0.2, 0) is 11.3 Å². The van der Waals surface area contributed by atoms with Crippen molar-refractivity contribution in [3.63, 3.8) is 0 Å². The Morgan fingerprint density at radius 1 is 1.32 bits per heavy atom. The van der Waals surface area contributed by atoms with E-state index in [1.807, 2.05) is 12.4 Å². The lowest BCUT2D eigenvalue weighted by molar-refractivity contribution is -0.130. The number of carbonyl (C=O) groups is 1. The number of amides is 1. The zero-order valence-corrected chi connectivity index (χ0v) is 13.7. The van der Waals surface area contributed by atoms with E-state index in [2.05, 4.69) is 4.98 Å². The van der Waals surface area contributed by atoms with Gasteiger partial charge in [0.05, 0.1) is 17.7 Å². The molecule has 0 atom stereocenters. The summed E-state index contributed by atoms with van der Waals surface area (Å²) in [5.41, 5.74) is 8.17. The minimum absolute atomic E-state index is 0.